The number of hydrogen-bond donors (Lipinski definition) is 1. The molecule has 104 valence electrons. The molecule has 9 heteroatoms. The van der Waals surface area contributed by atoms with E-state index in [1.165, 1.54) is 4.90 Å². The van der Waals surface area contributed by atoms with Gasteiger partial charge in [-0.1, -0.05) is 0 Å². The Kier molecular flexibility index (Phi) is 3.42. The predicted molar refractivity (Wildman–Crippen MR) is 66.2 cm³/mol. The van der Waals surface area contributed by atoms with Crippen LogP contribution in [0.5, 0.6) is 0 Å². The van der Waals surface area contributed by atoms with Crippen molar-refractivity contribution in [1.82, 2.24) is 9.80 Å². The molecular weight excluding hydrogens is 274 g/mol. The Balaban J connectivity index is 2.32. The van der Waals surface area contributed by atoms with Crippen LogP contribution in [-0.4, -0.2) is 74.6 Å². The van der Waals surface area contributed by atoms with Crippen molar-refractivity contribution >= 4 is 28.1 Å². The highest BCUT2D eigenvalue weighted by molar-refractivity contribution is 7.95. The third kappa shape index (κ3) is 2.51. The molecule has 0 radical (unpaired) electrons. The first-order valence-electron chi connectivity index (χ1n) is 5.58. The Morgan fingerprint density at radius 3 is 2.37 bits per heavy atom. The summed E-state index contributed by atoms with van der Waals surface area (Å²) in [7, 11) is -2.29. The number of carbonyl (C=O) groups excluding carboxylic acids is 1. The number of nitrogens with zero attached hydrogens (tertiary/aromatic N) is 3. The minimum atomic E-state index is -4.18. The molecule has 0 atom stereocenters. The van der Waals surface area contributed by atoms with Gasteiger partial charge in [-0.3, -0.25) is 4.79 Å². The summed E-state index contributed by atoms with van der Waals surface area (Å²) < 4.78 is 26.4. The van der Waals surface area contributed by atoms with Crippen molar-refractivity contribution in [2.75, 3.05) is 33.2 Å². The summed E-state index contributed by atoms with van der Waals surface area (Å²) in [5.74, 6) is -2.26. The molecule has 0 saturated carbocycles. The number of amides is 1. The van der Waals surface area contributed by atoms with Gasteiger partial charge in [-0.2, -0.15) is 12.8 Å². The Labute approximate surface area is 110 Å². The van der Waals surface area contributed by atoms with Gasteiger partial charge in [0.1, 0.15) is 5.57 Å². The highest BCUT2D eigenvalue weighted by Crippen LogP contribution is 2.23. The predicted octanol–water partition coefficient (Wildman–Crippen LogP) is -1.49. The van der Waals surface area contributed by atoms with Crippen LogP contribution in [0.25, 0.3) is 0 Å². The van der Waals surface area contributed by atoms with Crippen molar-refractivity contribution in [3.8, 4) is 0 Å². The fraction of sp³-hybridized carbons (Fsp3) is 0.500. The number of carbonyl (C=O) groups is 2. The van der Waals surface area contributed by atoms with Gasteiger partial charge in [-0.15, -0.1) is 0 Å². The van der Waals surface area contributed by atoms with Crippen molar-refractivity contribution in [3.05, 3.63) is 10.5 Å². The lowest BCUT2D eigenvalue weighted by molar-refractivity contribution is -0.133. The van der Waals surface area contributed by atoms with E-state index in [1.807, 2.05) is 11.9 Å². The van der Waals surface area contributed by atoms with E-state index in [-0.39, 0.29) is 0 Å². The zero-order valence-corrected chi connectivity index (χ0v) is 11.1. The molecule has 0 aromatic heterocycles. The largest absolute Gasteiger partial charge is 0.478 e. The lowest BCUT2D eigenvalue weighted by atomic mass is 10.2. The third-order valence-electron chi connectivity index (χ3n) is 3.04. The summed E-state index contributed by atoms with van der Waals surface area (Å²) in [5, 5.41) is 8.91. The van der Waals surface area contributed by atoms with Crippen LogP contribution in [0.2, 0.25) is 0 Å². The van der Waals surface area contributed by atoms with E-state index in [0.717, 1.165) is 0 Å². The Hall–Kier alpha value is -1.74. The number of carboxylic acid groups (broad SMARTS) is 1. The SMILES string of the molecule is CN1CCN(C(=O)C2=C(C(=O)O)C=NS2(=O)=O)CC1. The van der Waals surface area contributed by atoms with E-state index in [0.29, 0.717) is 32.4 Å². The smallest absolute Gasteiger partial charge is 0.338 e. The van der Waals surface area contributed by atoms with Gasteiger partial charge in [0.2, 0.25) is 0 Å². The highest BCUT2D eigenvalue weighted by atomic mass is 32.2. The van der Waals surface area contributed by atoms with Gasteiger partial charge in [0.15, 0.2) is 4.91 Å². The monoisotopic (exact) mass is 287 g/mol. The van der Waals surface area contributed by atoms with E-state index in [4.69, 9.17) is 5.11 Å². The molecule has 1 saturated heterocycles. The lowest BCUT2D eigenvalue weighted by Gasteiger charge is -2.32. The molecule has 0 aliphatic carbocycles. The van der Waals surface area contributed by atoms with Crippen molar-refractivity contribution in [1.29, 1.82) is 0 Å². The molecule has 2 heterocycles. The Bertz CT molecular complexity index is 584. The molecular formula is C10H13N3O5S. The van der Waals surface area contributed by atoms with E-state index < -0.39 is 32.4 Å². The average Bonchev–Trinajstić information content (AvgIpc) is 2.65. The minimum Gasteiger partial charge on any atom is -0.478 e. The summed E-state index contributed by atoms with van der Waals surface area (Å²) in [6.07, 6.45) is 0.709. The molecule has 1 fully saturated rings. The topological polar surface area (TPSA) is 107 Å². The van der Waals surface area contributed by atoms with E-state index in [1.54, 1.807) is 0 Å². The second-order valence-electron chi connectivity index (χ2n) is 4.35. The molecule has 1 amide bonds. The lowest BCUT2D eigenvalue weighted by Crippen LogP contribution is -2.48. The van der Waals surface area contributed by atoms with Crippen LogP contribution in [0.4, 0.5) is 0 Å². The summed E-state index contributed by atoms with van der Waals surface area (Å²) in [4.78, 5) is 25.7. The molecule has 2 aliphatic rings. The Morgan fingerprint density at radius 1 is 1.26 bits per heavy atom. The minimum absolute atomic E-state index is 0.362. The summed E-state index contributed by atoms with van der Waals surface area (Å²) in [6.45, 7) is 1.95. The van der Waals surface area contributed by atoms with Gasteiger partial charge in [0.05, 0.1) is 6.21 Å². The fourth-order valence-corrected chi connectivity index (χ4v) is 3.02. The number of sulfonamides is 1. The van der Waals surface area contributed by atoms with Crippen LogP contribution in [0, 0.1) is 0 Å². The van der Waals surface area contributed by atoms with Gasteiger partial charge in [-0.05, 0) is 7.05 Å². The van der Waals surface area contributed by atoms with E-state index >= 15 is 0 Å². The molecule has 0 bridgehead atoms. The number of aliphatic carboxylic acids is 1. The Morgan fingerprint density at radius 2 is 1.84 bits per heavy atom. The summed E-state index contributed by atoms with van der Waals surface area (Å²) >= 11 is 0. The van der Waals surface area contributed by atoms with Crippen molar-refractivity contribution < 1.29 is 23.1 Å². The second-order valence-corrected chi connectivity index (χ2v) is 5.92. The summed E-state index contributed by atoms with van der Waals surface area (Å²) in [6, 6.07) is 0. The first-order valence-corrected chi connectivity index (χ1v) is 7.02. The molecule has 0 aromatic carbocycles. The normalized spacial score (nSPS) is 22.9. The van der Waals surface area contributed by atoms with Crippen LogP contribution >= 0.6 is 0 Å². The van der Waals surface area contributed by atoms with Gasteiger partial charge in [0, 0.05) is 26.2 Å². The molecule has 0 aromatic rings. The molecule has 2 aliphatic heterocycles. The van der Waals surface area contributed by atoms with Crippen molar-refractivity contribution in [3.63, 3.8) is 0 Å². The third-order valence-corrected chi connectivity index (χ3v) is 4.33. The van der Waals surface area contributed by atoms with Crippen LogP contribution in [0.15, 0.2) is 14.9 Å². The molecule has 0 unspecified atom stereocenters. The van der Waals surface area contributed by atoms with Crippen molar-refractivity contribution in [2.45, 2.75) is 0 Å². The zero-order valence-electron chi connectivity index (χ0n) is 10.2. The van der Waals surface area contributed by atoms with Crippen LogP contribution < -0.4 is 0 Å². The standard InChI is InChI=1S/C10H13N3O5S/c1-12-2-4-13(5-3-12)9(14)8-7(10(15)16)6-11-19(8,17)18/h6H,2-5H2,1H3,(H,15,16). The van der Waals surface area contributed by atoms with Crippen LogP contribution in [-0.2, 0) is 19.6 Å². The van der Waals surface area contributed by atoms with E-state index in [2.05, 4.69) is 4.40 Å². The molecule has 1 N–H and O–H groups in total. The number of piperazine rings is 1. The fourth-order valence-electron chi connectivity index (χ4n) is 1.90. The first kappa shape index (κ1) is 13.7. The van der Waals surface area contributed by atoms with Crippen LogP contribution in [0.3, 0.4) is 0 Å². The van der Waals surface area contributed by atoms with Crippen LogP contribution in [0.1, 0.15) is 0 Å². The van der Waals surface area contributed by atoms with Gasteiger partial charge < -0.3 is 14.9 Å². The van der Waals surface area contributed by atoms with E-state index in [9.17, 15) is 18.0 Å². The quantitative estimate of drug-likeness (QED) is 0.663. The maximum Gasteiger partial charge on any atom is 0.338 e. The maximum absolute atomic E-state index is 12.2. The van der Waals surface area contributed by atoms with Crippen molar-refractivity contribution in [2.24, 2.45) is 4.40 Å². The molecule has 8 nitrogen and oxygen atoms in total. The van der Waals surface area contributed by atoms with Gasteiger partial charge >= 0.3 is 5.97 Å². The number of hydrogen-bond acceptors (Lipinski definition) is 5. The molecule has 19 heavy (non-hydrogen) atoms. The zero-order chi connectivity index (χ0) is 14.2. The van der Waals surface area contributed by atoms with Gasteiger partial charge in [-0.25, -0.2) is 4.79 Å². The maximum atomic E-state index is 12.2. The number of likely N-dealkylation sites (N-methyl/N-ethyl adjacent to an activating group) is 1. The number of carboxylic acids is 1. The summed E-state index contributed by atoms with van der Waals surface area (Å²) in [5.41, 5.74) is -0.566. The number of rotatable bonds is 2. The molecule has 0 spiro atoms. The molecule has 2 rings (SSSR count). The van der Waals surface area contributed by atoms with Gasteiger partial charge in [0.25, 0.3) is 15.9 Å². The first-order chi connectivity index (χ1) is 8.83. The highest BCUT2D eigenvalue weighted by Gasteiger charge is 2.38. The second kappa shape index (κ2) is 4.74. The average molecular weight is 287 g/mol.